The number of nitrogens with zero attached hydrogens (tertiary/aromatic N) is 2. The molecule has 5 nitrogen and oxygen atoms in total. The van der Waals surface area contributed by atoms with Crippen molar-refractivity contribution in [2.75, 3.05) is 25.1 Å². The molecule has 0 spiro atoms. The van der Waals surface area contributed by atoms with Gasteiger partial charge >= 0.3 is 5.97 Å². The molecule has 2 aliphatic rings. The van der Waals surface area contributed by atoms with Gasteiger partial charge in [0.15, 0.2) is 5.13 Å². The number of ether oxygens (including phenoxy) is 1. The fourth-order valence-electron chi connectivity index (χ4n) is 3.14. The molecule has 1 aromatic rings. The van der Waals surface area contributed by atoms with Gasteiger partial charge in [0.2, 0.25) is 0 Å². The Labute approximate surface area is 128 Å². The number of carbonyl (C=O) groups is 1. The highest BCUT2D eigenvalue weighted by Crippen LogP contribution is 2.38. The topological polar surface area (TPSA) is 62.7 Å². The van der Waals surface area contributed by atoms with E-state index in [0.717, 1.165) is 54.5 Å². The van der Waals surface area contributed by atoms with Gasteiger partial charge in [0.05, 0.1) is 11.8 Å². The van der Waals surface area contributed by atoms with E-state index < -0.39 is 11.9 Å². The summed E-state index contributed by atoms with van der Waals surface area (Å²) in [4.78, 5) is 19.2. The zero-order valence-electron chi connectivity index (χ0n) is 12.4. The molecule has 2 heterocycles. The summed E-state index contributed by atoms with van der Waals surface area (Å²) in [6.45, 7) is 1.69. The van der Waals surface area contributed by atoms with Crippen molar-refractivity contribution >= 4 is 22.4 Å². The molecule has 0 bridgehead atoms. The van der Waals surface area contributed by atoms with Crippen molar-refractivity contribution < 1.29 is 14.6 Å². The molecule has 1 aromatic heterocycles. The summed E-state index contributed by atoms with van der Waals surface area (Å²) in [5.74, 6) is -1.16. The van der Waals surface area contributed by atoms with Crippen LogP contribution in [0.1, 0.15) is 48.6 Å². The largest absolute Gasteiger partial charge is 0.481 e. The number of anilines is 1. The van der Waals surface area contributed by atoms with Crippen LogP contribution >= 0.6 is 11.3 Å². The predicted octanol–water partition coefficient (Wildman–Crippen LogP) is 2.65. The van der Waals surface area contributed by atoms with Crippen LogP contribution in [0.2, 0.25) is 0 Å². The van der Waals surface area contributed by atoms with Crippen molar-refractivity contribution in [3.63, 3.8) is 0 Å². The zero-order chi connectivity index (χ0) is 14.8. The van der Waals surface area contributed by atoms with Crippen molar-refractivity contribution in [2.24, 2.45) is 0 Å². The van der Waals surface area contributed by atoms with Gasteiger partial charge in [-0.1, -0.05) is 0 Å². The maximum absolute atomic E-state index is 11.3. The number of aromatic nitrogens is 1. The van der Waals surface area contributed by atoms with E-state index in [-0.39, 0.29) is 6.10 Å². The Bertz CT molecular complexity index is 511. The molecule has 1 aliphatic carbocycles. The summed E-state index contributed by atoms with van der Waals surface area (Å²) in [5.41, 5.74) is 0.796. The second kappa shape index (κ2) is 6.32. The summed E-state index contributed by atoms with van der Waals surface area (Å²) in [6, 6.07) is 0. The van der Waals surface area contributed by atoms with Crippen LogP contribution in [0.3, 0.4) is 0 Å². The summed E-state index contributed by atoms with van der Waals surface area (Å²) < 4.78 is 5.77. The first kappa shape index (κ1) is 14.8. The van der Waals surface area contributed by atoms with Gasteiger partial charge in [-0.05, 0) is 38.5 Å². The number of hydrogen-bond acceptors (Lipinski definition) is 5. The summed E-state index contributed by atoms with van der Waals surface area (Å²) in [6.07, 6.45) is 6.39. The number of thiazole rings is 1. The standard InChI is InChI=1S/C15H22N2O3S/c1-17(9-10-5-2-3-8-20-10)15-16-13-11(14(18)19)6-4-7-12(13)21-15/h10-11H,2-9H2,1H3,(H,18,19). The van der Waals surface area contributed by atoms with Crippen LogP contribution in [0.4, 0.5) is 5.13 Å². The quantitative estimate of drug-likeness (QED) is 0.926. The molecular formula is C15H22N2O3S. The predicted molar refractivity (Wildman–Crippen MR) is 82.3 cm³/mol. The molecule has 1 saturated heterocycles. The second-order valence-electron chi connectivity index (χ2n) is 5.96. The molecule has 0 radical (unpaired) electrons. The molecule has 3 rings (SSSR count). The van der Waals surface area contributed by atoms with Crippen LogP contribution in [0, 0.1) is 0 Å². The SMILES string of the molecule is CN(CC1CCCCO1)c1nc2c(s1)CCCC2C(=O)O. The second-order valence-corrected chi connectivity index (χ2v) is 7.02. The number of hydrogen-bond donors (Lipinski definition) is 1. The zero-order valence-corrected chi connectivity index (χ0v) is 13.2. The molecule has 6 heteroatoms. The molecular weight excluding hydrogens is 288 g/mol. The van der Waals surface area contributed by atoms with E-state index in [1.54, 1.807) is 11.3 Å². The summed E-state index contributed by atoms with van der Waals surface area (Å²) in [5, 5.41) is 10.3. The van der Waals surface area contributed by atoms with Crippen LogP contribution in [-0.4, -0.2) is 42.4 Å². The summed E-state index contributed by atoms with van der Waals surface area (Å²) >= 11 is 1.65. The highest BCUT2D eigenvalue weighted by Gasteiger charge is 2.30. The van der Waals surface area contributed by atoms with Gasteiger partial charge in [0.25, 0.3) is 0 Å². The normalized spacial score (nSPS) is 25.4. The minimum atomic E-state index is -0.744. The van der Waals surface area contributed by atoms with E-state index in [9.17, 15) is 9.90 Å². The lowest BCUT2D eigenvalue weighted by atomic mass is 9.91. The number of aliphatic carboxylic acids is 1. The Balaban J connectivity index is 1.72. The van der Waals surface area contributed by atoms with Gasteiger partial charge in [-0.3, -0.25) is 4.79 Å². The molecule has 2 unspecified atom stereocenters. The lowest BCUT2D eigenvalue weighted by Crippen LogP contribution is -2.33. The Kier molecular flexibility index (Phi) is 4.45. The van der Waals surface area contributed by atoms with E-state index in [1.165, 1.54) is 6.42 Å². The Morgan fingerprint density at radius 2 is 2.29 bits per heavy atom. The fraction of sp³-hybridized carbons (Fsp3) is 0.733. The highest BCUT2D eigenvalue weighted by molar-refractivity contribution is 7.15. The number of rotatable bonds is 4. The van der Waals surface area contributed by atoms with Crippen LogP contribution < -0.4 is 4.90 Å². The van der Waals surface area contributed by atoms with Crippen molar-refractivity contribution in [3.8, 4) is 0 Å². The number of aryl methyl sites for hydroxylation is 1. The fourth-order valence-corrected chi connectivity index (χ4v) is 4.28. The third kappa shape index (κ3) is 3.21. The molecule has 2 atom stereocenters. The molecule has 1 fully saturated rings. The maximum atomic E-state index is 11.3. The van der Waals surface area contributed by atoms with Crippen molar-refractivity contribution in [2.45, 2.75) is 50.5 Å². The van der Waals surface area contributed by atoms with E-state index >= 15 is 0 Å². The number of carboxylic acid groups (broad SMARTS) is 1. The average Bonchev–Trinajstić information content (AvgIpc) is 2.92. The molecule has 0 amide bonds. The van der Waals surface area contributed by atoms with Crippen LogP contribution in [0.5, 0.6) is 0 Å². The van der Waals surface area contributed by atoms with E-state index in [1.807, 2.05) is 7.05 Å². The first-order valence-corrected chi connectivity index (χ1v) is 8.52. The monoisotopic (exact) mass is 310 g/mol. The number of likely N-dealkylation sites (N-methyl/N-ethyl adjacent to an activating group) is 1. The van der Waals surface area contributed by atoms with Crippen molar-refractivity contribution in [3.05, 3.63) is 10.6 Å². The molecule has 0 aromatic carbocycles. The van der Waals surface area contributed by atoms with Gasteiger partial charge < -0.3 is 14.7 Å². The van der Waals surface area contributed by atoms with Crippen LogP contribution in [0.15, 0.2) is 0 Å². The Morgan fingerprint density at radius 1 is 1.43 bits per heavy atom. The molecule has 1 aliphatic heterocycles. The number of fused-ring (bicyclic) bond motifs is 1. The van der Waals surface area contributed by atoms with E-state index in [4.69, 9.17) is 4.74 Å². The first-order valence-electron chi connectivity index (χ1n) is 7.70. The lowest BCUT2D eigenvalue weighted by molar-refractivity contribution is -0.139. The van der Waals surface area contributed by atoms with Crippen molar-refractivity contribution in [1.29, 1.82) is 0 Å². The first-order chi connectivity index (χ1) is 10.1. The van der Waals surface area contributed by atoms with E-state index in [2.05, 4.69) is 9.88 Å². The van der Waals surface area contributed by atoms with Gasteiger partial charge in [0, 0.05) is 25.1 Å². The molecule has 116 valence electrons. The van der Waals surface area contributed by atoms with Gasteiger partial charge in [-0.25, -0.2) is 4.98 Å². The number of carboxylic acids is 1. The van der Waals surface area contributed by atoms with Crippen molar-refractivity contribution in [1.82, 2.24) is 4.98 Å². The lowest BCUT2D eigenvalue weighted by Gasteiger charge is -2.27. The molecule has 0 saturated carbocycles. The van der Waals surface area contributed by atoms with E-state index in [0.29, 0.717) is 6.42 Å². The third-order valence-electron chi connectivity index (χ3n) is 4.32. The third-order valence-corrected chi connectivity index (χ3v) is 5.56. The van der Waals surface area contributed by atoms with Crippen LogP contribution in [-0.2, 0) is 16.0 Å². The minimum absolute atomic E-state index is 0.278. The van der Waals surface area contributed by atoms with Crippen LogP contribution in [0.25, 0.3) is 0 Å². The highest BCUT2D eigenvalue weighted by atomic mass is 32.1. The smallest absolute Gasteiger partial charge is 0.312 e. The Morgan fingerprint density at radius 3 is 3.00 bits per heavy atom. The molecule has 21 heavy (non-hydrogen) atoms. The van der Waals surface area contributed by atoms with Gasteiger partial charge in [-0.2, -0.15) is 0 Å². The minimum Gasteiger partial charge on any atom is -0.481 e. The Hall–Kier alpha value is -1.14. The molecule has 1 N–H and O–H groups in total. The van der Waals surface area contributed by atoms with Gasteiger partial charge in [-0.15, -0.1) is 11.3 Å². The van der Waals surface area contributed by atoms with Gasteiger partial charge in [0.1, 0.15) is 5.92 Å². The maximum Gasteiger partial charge on any atom is 0.312 e. The average molecular weight is 310 g/mol. The summed E-state index contributed by atoms with van der Waals surface area (Å²) in [7, 11) is 2.03.